The first-order valence-electron chi connectivity index (χ1n) is 4.06. The van der Waals surface area contributed by atoms with Crippen LogP contribution in [-0.4, -0.2) is 25.3 Å². The van der Waals surface area contributed by atoms with Crippen LogP contribution in [0.5, 0.6) is 0 Å². The molecule has 0 heterocycles. The molecule has 0 aliphatic heterocycles. The molecule has 0 fully saturated rings. The molecule has 0 amide bonds. The van der Waals surface area contributed by atoms with Gasteiger partial charge in [0.25, 0.3) is 0 Å². The molecule has 1 aromatic carbocycles. The summed E-state index contributed by atoms with van der Waals surface area (Å²) in [6, 6.07) is 4.56. The number of nitrogens with zero attached hydrogens (tertiary/aromatic N) is 2. The lowest BCUT2D eigenvalue weighted by Gasteiger charge is -2.03. The molecular formula is C10H13FN2. The zero-order valence-electron chi connectivity index (χ0n) is 8.08. The molecule has 2 nitrogen and oxygen atoms in total. The van der Waals surface area contributed by atoms with Crippen molar-refractivity contribution in [3.8, 4) is 0 Å². The maximum atomic E-state index is 12.7. The van der Waals surface area contributed by atoms with E-state index in [-0.39, 0.29) is 5.82 Å². The number of rotatable bonds is 2. The fraction of sp³-hybridized carbons (Fsp3) is 0.300. The minimum absolute atomic E-state index is 0.221. The maximum Gasteiger partial charge on any atom is 0.123 e. The number of halogens is 1. The lowest BCUT2D eigenvalue weighted by Crippen LogP contribution is -2.07. The molecule has 0 aliphatic carbocycles. The minimum atomic E-state index is -0.221. The zero-order valence-corrected chi connectivity index (χ0v) is 8.08. The Morgan fingerprint density at radius 1 is 1.38 bits per heavy atom. The van der Waals surface area contributed by atoms with E-state index >= 15 is 0 Å². The largest absolute Gasteiger partial charge is 0.369 e. The number of aryl methyl sites for hydroxylation is 1. The van der Waals surface area contributed by atoms with Crippen LogP contribution in [-0.2, 0) is 0 Å². The number of aliphatic imine (C=N–C) groups is 1. The normalized spacial score (nSPS) is 10.8. The van der Waals surface area contributed by atoms with Crippen molar-refractivity contribution >= 4 is 12.0 Å². The predicted molar refractivity (Wildman–Crippen MR) is 53.0 cm³/mol. The van der Waals surface area contributed by atoms with Gasteiger partial charge in [-0.15, -0.1) is 0 Å². The average molecular weight is 180 g/mol. The van der Waals surface area contributed by atoms with Crippen molar-refractivity contribution in [2.24, 2.45) is 4.99 Å². The minimum Gasteiger partial charge on any atom is -0.369 e. The van der Waals surface area contributed by atoms with Crippen LogP contribution in [0.2, 0.25) is 0 Å². The summed E-state index contributed by atoms with van der Waals surface area (Å²) < 4.78 is 12.7. The summed E-state index contributed by atoms with van der Waals surface area (Å²) in [4.78, 5) is 6.02. The van der Waals surface area contributed by atoms with Gasteiger partial charge < -0.3 is 4.90 Å². The third-order valence-corrected chi connectivity index (χ3v) is 1.59. The van der Waals surface area contributed by atoms with Gasteiger partial charge in [0.15, 0.2) is 0 Å². The molecule has 70 valence electrons. The van der Waals surface area contributed by atoms with E-state index in [1.165, 1.54) is 12.1 Å². The van der Waals surface area contributed by atoms with E-state index in [4.69, 9.17) is 0 Å². The summed E-state index contributed by atoms with van der Waals surface area (Å²) in [6.45, 7) is 1.84. The zero-order chi connectivity index (χ0) is 9.84. The lowest BCUT2D eigenvalue weighted by molar-refractivity contribution is 0.626. The smallest absolute Gasteiger partial charge is 0.123 e. The molecule has 0 unspecified atom stereocenters. The van der Waals surface area contributed by atoms with Gasteiger partial charge in [-0.05, 0) is 30.7 Å². The number of hydrogen-bond acceptors (Lipinski definition) is 1. The van der Waals surface area contributed by atoms with Crippen molar-refractivity contribution < 1.29 is 4.39 Å². The first-order chi connectivity index (χ1) is 6.09. The topological polar surface area (TPSA) is 15.6 Å². The first kappa shape index (κ1) is 9.71. The molecule has 0 saturated heterocycles. The molecule has 0 spiro atoms. The van der Waals surface area contributed by atoms with Crippen molar-refractivity contribution in [1.29, 1.82) is 0 Å². The van der Waals surface area contributed by atoms with Gasteiger partial charge in [-0.25, -0.2) is 9.38 Å². The van der Waals surface area contributed by atoms with E-state index in [1.807, 2.05) is 25.9 Å². The third-order valence-electron chi connectivity index (χ3n) is 1.59. The van der Waals surface area contributed by atoms with Gasteiger partial charge in [0.1, 0.15) is 5.82 Å². The van der Waals surface area contributed by atoms with Gasteiger partial charge in [-0.2, -0.15) is 0 Å². The van der Waals surface area contributed by atoms with Crippen LogP contribution in [0.15, 0.2) is 23.2 Å². The van der Waals surface area contributed by atoms with Crippen LogP contribution in [0.1, 0.15) is 5.56 Å². The van der Waals surface area contributed by atoms with E-state index in [0.717, 1.165) is 11.3 Å². The molecule has 0 bridgehead atoms. The molecule has 3 heteroatoms. The van der Waals surface area contributed by atoms with Gasteiger partial charge in [0.05, 0.1) is 12.0 Å². The maximum absolute atomic E-state index is 12.7. The van der Waals surface area contributed by atoms with E-state index in [0.29, 0.717) is 0 Å². The Morgan fingerprint density at radius 2 is 2.08 bits per heavy atom. The van der Waals surface area contributed by atoms with Crippen molar-refractivity contribution in [2.45, 2.75) is 6.92 Å². The van der Waals surface area contributed by atoms with E-state index in [2.05, 4.69) is 4.99 Å². The summed E-state index contributed by atoms with van der Waals surface area (Å²) >= 11 is 0. The molecule has 0 N–H and O–H groups in total. The monoisotopic (exact) mass is 180 g/mol. The van der Waals surface area contributed by atoms with Crippen LogP contribution in [0, 0.1) is 12.7 Å². The first-order valence-corrected chi connectivity index (χ1v) is 4.06. The van der Waals surface area contributed by atoms with Gasteiger partial charge in [-0.3, -0.25) is 0 Å². The molecule has 0 aromatic heterocycles. The molecule has 0 radical (unpaired) electrons. The van der Waals surface area contributed by atoms with Crippen LogP contribution < -0.4 is 0 Å². The molecule has 1 aromatic rings. The summed E-state index contributed by atoms with van der Waals surface area (Å²) in [5, 5.41) is 0. The quantitative estimate of drug-likeness (QED) is 0.504. The fourth-order valence-corrected chi connectivity index (χ4v) is 0.941. The highest BCUT2D eigenvalue weighted by Crippen LogP contribution is 2.18. The number of hydrogen-bond donors (Lipinski definition) is 0. The third kappa shape index (κ3) is 2.86. The van der Waals surface area contributed by atoms with Crippen LogP contribution in [0.25, 0.3) is 0 Å². The van der Waals surface area contributed by atoms with Gasteiger partial charge in [-0.1, -0.05) is 0 Å². The van der Waals surface area contributed by atoms with E-state index in [9.17, 15) is 4.39 Å². The van der Waals surface area contributed by atoms with Gasteiger partial charge in [0, 0.05) is 14.1 Å². The Morgan fingerprint density at radius 3 is 2.62 bits per heavy atom. The van der Waals surface area contributed by atoms with E-state index in [1.54, 1.807) is 12.4 Å². The molecule has 0 atom stereocenters. The Bertz CT molecular complexity index is 319. The lowest BCUT2D eigenvalue weighted by atomic mass is 10.2. The second-order valence-electron chi connectivity index (χ2n) is 3.14. The Hall–Kier alpha value is -1.38. The van der Waals surface area contributed by atoms with Crippen molar-refractivity contribution in [2.75, 3.05) is 14.1 Å². The molecule has 13 heavy (non-hydrogen) atoms. The molecule has 0 aliphatic rings. The second-order valence-corrected chi connectivity index (χ2v) is 3.14. The van der Waals surface area contributed by atoms with E-state index < -0.39 is 0 Å². The molecule has 1 rings (SSSR count). The highest BCUT2D eigenvalue weighted by molar-refractivity contribution is 5.62. The summed E-state index contributed by atoms with van der Waals surface area (Å²) in [5.74, 6) is -0.221. The Balaban J connectivity index is 2.90. The average Bonchev–Trinajstić information content (AvgIpc) is 2.02. The number of benzene rings is 1. The van der Waals surface area contributed by atoms with Gasteiger partial charge in [0.2, 0.25) is 0 Å². The fourth-order valence-electron chi connectivity index (χ4n) is 0.941. The molecular weight excluding hydrogens is 167 g/mol. The van der Waals surface area contributed by atoms with Crippen molar-refractivity contribution in [3.05, 3.63) is 29.6 Å². The standard InChI is InChI=1S/C10H13FN2/c1-8-6-9(11)4-5-10(8)12-7-13(2)3/h4-7H,1-3H3. The van der Waals surface area contributed by atoms with Crippen LogP contribution >= 0.6 is 0 Å². The second kappa shape index (κ2) is 4.03. The Labute approximate surface area is 77.7 Å². The predicted octanol–water partition coefficient (Wildman–Crippen LogP) is 2.36. The SMILES string of the molecule is Cc1cc(F)ccc1N=CN(C)C. The summed E-state index contributed by atoms with van der Waals surface area (Å²) in [5.41, 5.74) is 1.65. The van der Waals surface area contributed by atoms with Crippen molar-refractivity contribution in [3.63, 3.8) is 0 Å². The summed E-state index contributed by atoms with van der Waals surface area (Å²) in [7, 11) is 3.78. The molecule has 0 saturated carbocycles. The van der Waals surface area contributed by atoms with Crippen LogP contribution in [0.4, 0.5) is 10.1 Å². The highest BCUT2D eigenvalue weighted by atomic mass is 19.1. The van der Waals surface area contributed by atoms with Crippen LogP contribution in [0.3, 0.4) is 0 Å². The van der Waals surface area contributed by atoms with Crippen molar-refractivity contribution in [1.82, 2.24) is 4.90 Å². The van der Waals surface area contributed by atoms with Gasteiger partial charge >= 0.3 is 0 Å². The summed E-state index contributed by atoms with van der Waals surface area (Å²) in [6.07, 6.45) is 1.69. The highest BCUT2D eigenvalue weighted by Gasteiger charge is 1.96. The Kier molecular flexibility index (Phi) is 3.01.